The third-order valence-corrected chi connectivity index (χ3v) is 3.29. The maximum Gasteiger partial charge on any atom is 0.191 e. The highest BCUT2D eigenvalue weighted by molar-refractivity contribution is 7.80. The van der Waals surface area contributed by atoms with E-state index in [-0.39, 0.29) is 0 Å². The second-order valence-electron chi connectivity index (χ2n) is 4.91. The maximum absolute atomic E-state index is 5.20. The van der Waals surface area contributed by atoms with Crippen molar-refractivity contribution in [2.24, 2.45) is 5.10 Å². The van der Waals surface area contributed by atoms with Gasteiger partial charge in [-0.15, -0.1) is 0 Å². The molecule has 1 aromatic heterocycles. The van der Waals surface area contributed by atoms with Crippen LogP contribution in [-0.2, 0) is 6.42 Å². The number of hydrogen-bond donors (Lipinski definition) is 2. The second kappa shape index (κ2) is 8.89. The molecule has 0 fully saturated rings. The standard InChI is InChI=1S/C17H20N4S/c1-2-3-5-14-7-9-16(10-8-14)20-17(22)21-19-13-15-6-4-11-18-12-15/h4,6-13H,2-3,5H2,1H3,(H2,20,21,22)/b19-13-. The van der Waals surface area contributed by atoms with Gasteiger partial charge in [0.1, 0.15) is 0 Å². The van der Waals surface area contributed by atoms with E-state index in [1.54, 1.807) is 18.6 Å². The van der Waals surface area contributed by atoms with Crippen LogP contribution in [0.5, 0.6) is 0 Å². The largest absolute Gasteiger partial charge is 0.331 e. The molecule has 2 N–H and O–H groups in total. The normalized spacial score (nSPS) is 10.6. The lowest BCUT2D eigenvalue weighted by Gasteiger charge is -2.08. The number of hydrazone groups is 1. The summed E-state index contributed by atoms with van der Waals surface area (Å²) in [5, 5.41) is 7.64. The number of hydrogen-bond acceptors (Lipinski definition) is 3. The molecular formula is C17H20N4S. The number of aryl methyl sites for hydroxylation is 1. The predicted octanol–water partition coefficient (Wildman–Crippen LogP) is 3.74. The maximum atomic E-state index is 5.20. The number of pyridine rings is 1. The molecule has 0 aliphatic rings. The quantitative estimate of drug-likeness (QED) is 0.484. The van der Waals surface area contributed by atoms with E-state index in [1.807, 2.05) is 24.3 Å². The second-order valence-corrected chi connectivity index (χ2v) is 5.32. The summed E-state index contributed by atoms with van der Waals surface area (Å²) in [4.78, 5) is 4.01. The van der Waals surface area contributed by atoms with Crippen molar-refractivity contribution in [2.75, 3.05) is 5.32 Å². The summed E-state index contributed by atoms with van der Waals surface area (Å²) >= 11 is 5.20. The number of anilines is 1. The fourth-order valence-corrected chi connectivity index (χ4v) is 2.08. The van der Waals surface area contributed by atoms with Gasteiger partial charge in [0.2, 0.25) is 0 Å². The molecule has 0 saturated heterocycles. The van der Waals surface area contributed by atoms with E-state index in [9.17, 15) is 0 Å². The highest BCUT2D eigenvalue weighted by Gasteiger charge is 1.97. The molecular weight excluding hydrogens is 292 g/mol. The van der Waals surface area contributed by atoms with Crippen molar-refractivity contribution in [3.63, 3.8) is 0 Å². The van der Waals surface area contributed by atoms with Crippen molar-refractivity contribution in [3.8, 4) is 0 Å². The average Bonchev–Trinajstić information content (AvgIpc) is 2.55. The SMILES string of the molecule is CCCCc1ccc(NC(=S)N/N=C\c2cccnc2)cc1. The van der Waals surface area contributed by atoms with E-state index in [0.29, 0.717) is 5.11 Å². The first-order valence-corrected chi connectivity index (χ1v) is 7.78. The Bertz CT molecular complexity index is 608. The molecule has 2 rings (SSSR count). The van der Waals surface area contributed by atoms with Crippen LogP contribution in [0.1, 0.15) is 30.9 Å². The van der Waals surface area contributed by atoms with Gasteiger partial charge in [-0.05, 0) is 48.8 Å². The van der Waals surface area contributed by atoms with Crippen LogP contribution in [0.2, 0.25) is 0 Å². The molecule has 0 amide bonds. The number of thiocarbonyl (C=S) groups is 1. The topological polar surface area (TPSA) is 49.3 Å². The third kappa shape index (κ3) is 5.61. The molecule has 1 heterocycles. The first kappa shape index (κ1) is 16.1. The van der Waals surface area contributed by atoms with E-state index in [4.69, 9.17) is 12.2 Å². The van der Waals surface area contributed by atoms with Gasteiger partial charge in [-0.1, -0.05) is 31.5 Å². The molecule has 0 spiro atoms. The van der Waals surface area contributed by atoms with Crippen LogP contribution in [-0.4, -0.2) is 16.3 Å². The number of nitrogens with zero attached hydrogens (tertiary/aromatic N) is 2. The summed E-state index contributed by atoms with van der Waals surface area (Å²) in [6.45, 7) is 2.20. The molecule has 0 atom stereocenters. The fraction of sp³-hybridized carbons (Fsp3) is 0.235. The van der Waals surface area contributed by atoms with Crippen LogP contribution in [0.4, 0.5) is 5.69 Å². The Morgan fingerprint density at radius 1 is 1.27 bits per heavy atom. The van der Waals surface area contributed by atoms with Gasteiger partial charge in [0.25, 0.3) is 0 Å². The van der Waals surface area contributed by atoms with E-state index in [0.717, 1.165) is 17.7 Å². The minimum absolute atomic E-state index is 0.460. The molecule has 0 radical (unpaired) electrons. The van der Waals surface area contributed by atoms with E-state index < -0.39 is 0 Å². The Balaban J connectivity index is 1.80. The molecule has 1 aromatic carbocycles. The van der Waals surface area contributed by atoms with Crippen molar-refractivity contribution < 1.29 is 0 Å². The van der Waals surface area contributed by atoms with E-state index in [2.05, 4.69) is 39.9 Å². The molecule has 0 bridgehead atoms. The van der Waals surface area contributed by atoms with Gasteiger partial charge in [-0.3, -0.25) is 10.4 Å². The van der Waals surface area contributed by atoms with Gasteiger partial charge in [-0.2, -0.15) is 5.10 Å². The first-order chi connectivity index (χ1) is 10.8. The summed E-state index contributed by atoms with van der Waals surface area (Å²) < 4.78 is 0. The van der Waals surface area contributed by atoms with Gasteiger partial charge in [0.15, 0.2) is 5.11 Å². The summed E-state index contributed by atoms with van der Waals surface area (Å²) in [5.41, 5.74) is 6.01. The number of rotatable bonds is 6. The van der Waals surface area contributed by atoms with Gasteiger partial charge in [-0.25, -0.2) is 0 Å². The van der Waals surface area contributed by atoms with Crippen molar-refractivity contribution in [1.82, 2.24) is 10.4 Å². The molecule has 2 aromatic rings. The Kier molecular flexibility index (Phi) is 6.51. The van der Waals surface area contributed by atoms with Gasteiger partial charge < -0.3 is 5.32 Å². The smallest absolute Gasteiger partial charge is 0.191 e. The molecule has 5 heteroatoms. The Labute approximate surface area is 136 Å². The van der Waals surface area contributed by atoms with Crippen molar-refractivity contribution in [2.45, 2.75) is 26.2 Å². The molecule has 114 valence electrons. The van der Waals surface area contributed by atoms with E-state index in [1.165, 1.54) is 18.4 Å². The minimum Gasteiger partial charge on any atom is -0.331 e. The number of nitrogens with one attached hydrogen (secondary N) is 2. The van der Waals surface area contributed by atoms with Gasteiger partial charge in [0.05, 0.1) is 6.21 Å². The van der Waals surface area contributed by atoms with Crippen LogP contribution in [0.3, 0.4) is 0 Å². The zero-order valence-electron chi connectivity index (χ0n) is 12.6. The van der Waals surface area contributed by atoms with Gasteiger partial charge >= 0.3 is 0 Å². The highest BCUT2D eigenvalue weighted by Crippen LogP contribution is 2.11. The molecule has 0 aliphatic heterocycles. The third-order valence-electron chi connectivity index (χ3n) is 3.09. The van der Waals surface area contributed by atoms with Gasteiger partial charge in [0, 0.05) is 23.6 Å². The Morgan fingerprint density at radius 3 is 2.77 bits per heavy atom. The van der Waals surface area contributed by atoms with Crippen molar-refractivity contribution >= 4 is 29.2 Å². The fourth-order valence-electron chi connectivity index (χ4n) is 1.91. The van der Waals surface area contributed by atoms with Crippen molar-refractivity contribution in [3.05, 3.63) is 59.9 Å². The lowest BCUT2D eigenvalue weighted by molar-refractivity contribution is 0.795. The lowest BCUT2D eigenvalue weighted by atomic mass is 10.1. The monoisotopic (exact) mass is 312 g/mol. The summed E-state index contributed by atoms with van der Waals surface area (Å²) in [6.07, 6.45) is 8.68. The molecule has 0 aliphatic carbocycles. The van der Waals surface area contributed by atoms with Crippen LogP contribution in [0, 0.1) is 0 Å². The molecule has 22 heavy (non-hydrogen) atoms. The number of benzene rings is 1. The zero-order valence-corrected chi connectivity index (χ0v) is 13.4. The zero-order chi connectivity index (χ0) is 15.6. The molecule has 0 unspecified atom stereocenters. The summed E-state index contributed by atoms with van der Waals surface area (Å²) in [6, 6.07) is 12.1. The highest BCUT2D eigenvalue weighted by atomic mass is 32.1. The minimum atomic E-state index is 0.460. The van der Waals surface area contributed by atoms with Crippen molar-refractivity contribution in [1.29, 1.82) is 0 Å². The number of aromatic nitrogens is 1. The summed E-state index contributed by atoms with van der Waals surface area (Å²) in [7, 11) is 0. The summed E-state index contributed by atoms with van der Waals surface area (Å²) in [5.74, 6) is 0. The van der Waals surface area contributed by atoms with Crippen LogP contribution < -0.4 is 10.7 Å². The molecule has 0 saturated carbocycles. The van der Waals surface area contributed by atoms with Crippen LogP contribution in [0.15, 0.2) is 53.9 Å². The lowest BCUT2D eigenvalue weighted by Crippen LogP contribution is -2.23. The predicted molar refractivity (Wildman–Crippen MR) is 96.2 cm³/mol. The molecule has 4 nitrogen and oxygen atoms in total. The van der Waals surface area contributed by atoms with Crippen LogP contribution in [0.25, 0.3) is 0 Å². The Hall–Kier alpha value is -2.27. The Morgan fingerprint density at radius 2 is 2.09 bits per heavy atom. The first-order valence-electron chi connectivity index (χ1n) is 7.37. The number of unbranched alkanes of at least 4 members (excludes halogenated alkanes) is 1. The van der Waals surface area contributed by atoms with E-state index >= 15 is 0 Å². The van der Waals surface area contributed by atoms with Crippen LogP contribution >= 0.6 is 12.2 Å². The average molecular weight is 312 g/mol.